The predicted octanol–water partition coefficient (Wildman–Crippen LogP) is 3.34. The minimum Gasteiger partial charge on any atom is -0.402 e. The lowest BCUT2D eigenvalue weighted by molar-refractivity contribution is -0.129. The van der Waals surface area contributed by atoms with Crippen LogP contribution in [0.4, 0.5) is 8.78 Å². The second kappa shape index (κ2) is 8.22. The lowest BCUT2D eigenvalue weighted by atomic mass is 10.2. The zero-order valence-corrected chi connectivity index (χ0v) is 16.5. The quantitative estimate of drug-likeness (QED) is 0.531. The molecule has 152 valence electrons. The number of nitrogens with zero attached hydrogens (tertiary/aromatic N) is 2. The molecule has 0 bridgehead atoms. The first kappa shape index (κ1) is 20.8. The summed E-state index contributed by atoms with van der Waals surface area (Å²) in [5, 5.41) is 0. The second-order valence-corrected chi connectivity index (χ2v) is 8.06. The van der Waals surface area contributed by atoms with Crippen molar-refractivity contribution in [3.05, 3.63) is 70.9 Å². The van der Waals surface area contributed by atoms with E-state index in [1.54, 1.807) is 19.9 Å². The molecule has 0 unspecified atom stereocenters. The zero-order valence-electron chi connectivity index (χ0n) is 15.7. The van der Waals surface area contributed by atoms with Crippen molar-refractivity contribution in [3.63, 3.8) is 0 Å². The molecular weight excluding hydrogens is 402 g/mol. The number of carbonyl (C=O) groups is 1. The van der Waals surface area contributed by atoms with E-state index in [9.17, 15) is 22.0 Å². The highest BCUT2D eigenvalue weighted by molar-refractivity contribution is 7.89. The average Bonchev–Trinajstić information content (AvgIpc) is 3.06. The summed E-state index contributed by atoms with van der Waals surface area (Å²) in [4.78, 5) is 16.2. The highest BCUT2D eigenvalue weighted by Gasteiger charge is 2.27. The Morgan fingerprint density at radius 3 is 2.45 bits per heavy atom. The Labute approximate surface area is 167 Å². The molecule has 3 rings (SSSR count). The number of carbonyl (C=O) groups excluding carboxylic acids is 1. The molecule has 0 saturated carbocycles. The number of hydrogen-bond donors (Lipinski definition) is 0. The minimum absolute atomic E-state index is 0.0514. The van der Waals surface area contributed by atoms with Gasteiger partial charge in [-0.05, 0) is 42.0 Å². The number of ether oxygens (including phenoxy) is 1. The van der Waals surface area contributed by atoms with Crippen molar-refractivity contribution in [2.45, 2.75) is 18.7 Å². The molecule has 0 fully saturated rings. The van der Waals surface area contributed by atoms with Crippen LogP contribution in [-0.2, 0) is 19.6 Å². The van der Waals surface area contributed by atoms with E-state index in [0.29, 0.717) is 18.7 Å². The third-order valence-electron chi connectivity index (χ3n) is 4.29. The van der Waals surface area contributed by atoms with E-state index >= 15 is 0 Å². The number of halogens is 2. The number of aliphatic imine (C=N–C) groups is 1. The van der Waals surface area contributed by atoms with Crippen molar-refractivity contribution in [2.75, 3.05) is 13.1 Å². The summed E-state index contributed by atoms with van der Waals surface area (Å²) in [6, 6.07) is 9.08. The van der Waals surface area contributed by atoms with Crippen molar-refractivity contribution in [1.82, 2.24) is 4.31 Å². The van der Waals surface area contributed by atoms with Gasteiger partial charge in [-0.2, -0.15) is 4.31 Å². The molecule has 1 aliphatic heterocycles. The SMILES string of the molecule is CCN(CC)S(=O)(=O)c1cccc(C2=N/C(=C/c3ccc(F)c(F)c3)C(=O)O2)c1. The predicted molar refractivity (Wildman–Crippen MR) is 104 cm³/mol. The van der Waals surface area contributed by atoms with Crippen LogP contribution < -0.4 is 0 Å². The maximum Gasteiger partial charge on any atom is 0.363 e. The molecular formula is C20H18F2N2O4S. The monoisotopic (exact) mass is 420 g/mol. The van der Waals surface area contributed by atoms with Crippen LogP contribution in [0.2, 0.25) is 0 Å². The Hall–Kier alpha value is -2.91. The smallest absolute Gasteiger partial charge is 0.363 e. The zero-order chi connectivity index (χ0) is 21.2. The van der Waals surface area contributed by atoms with Crippen LogP contribution >= 0.6 is 0 Å². The highest BCUT2D eigenvalue weighted by Crippen LogP contribution is 2.23. The first-order chi connectivity index (χ1) is 13.8. The topological polar surface area (TPSA) is 76.0 Å². The molecule has 0 atom stereocenters. The van der Waals surface area contributed by atoms with Crippen molar-refractivity contribution < 1.29 is 26.7 Å². The first-order valence-corrected chi connectivity index (χ1v) is 10.3. The number of esters is 1. The van der Waals surface area contributed by atoms with Gasteiger partial charge in [0.25, 0.3) is 0 Å². The summed E-state index contributed by atoms with van der Waals surface area (Å²) >= 11 is 0. The highest BCUT2D eigenvalue weighted by atomic mass is 32.2. The van der Waals surface area contributed by atoms with E-state index in [-0.39, 0.29) is 22.1 Å². The van der Waals surface area contributed by atoms with E-state index in [1.807, 2.05) is 0 Å². The van der Waals surface area contributed by atoms with Gasteiger partial charge in [0, 0.05) is 18.7 Å². The lowest BCUT2D eigenvalue weighted by Crippen LogP contribution is -2.30. The number of sulfonamides is 1. The van der Waals surface area contributed by atoms with Gasteiger partial charge >= 0.3 is 5.97 Å². The molecule has 0 radical (unpaired) electrons. The molecule has 2 aromatic rings. The van der Waals surface area contributed by atoms with E-state index in [2.05, 4.69) is 4.99 Å². The maximum atomic E-state index is 13.4. The van der Waals surface area contributed by atoms with Crippen molar-refractivity contribution in [2.24, 2.45) is 4.99 Å². The number of hydrogen-bond acceptors (Lipinski definition) is 5. The molecule has 0 amide bonds. The first-order valence-electron chi connectivity index (χ1n) is 8.84. The van der Waals surface area contributed by atoms with Gasteiger partial charge in [-0.1, -0.05) is 26.0 Å². The molecule has 1 aliphatic rings. The van der Waals surface area contributed by atoms with E-state index in [1.165, 1.54) is 34.6 Å². The summed E-state index contributed by atoms with van der Waals surface area (Å²) < 4.78 is 58.2. The summed E-state index contributed by atoms with van der Waals surface area (Å²) in [6.07, 6.45) is 1.26. The van der Waals surface area contributed by atoms with Crippen molar-refractivity contribution in [3.8, 4) is 0 Å². The standard InChI is InChI=1S/C20H18F2N2O4S/c1-3-24(4-2)29(26,27)15-7-5-6-14(12-15)19-23-18(20(25)28-19)11-13-8-9-16(21)17(22)10-13/h5-12H,3-4H2,1-2H3/b18-11+. The molecule has 9 heteroatoms. The largest absolute Gasteiger partial charge is 0.402 e. The Balaban J connectivity index is 1.95. The van der Waals surface area contributed by atoms with Crippen LogP contribution in [0.5, 0.6) is 0 Å². The Morgan fingerprint density at radius 1 is 1.07 bits per heavy atom. The van der Waals surface area contributed by atoms with Crippen LogP contribution in [-0.4, -0.2) is 37.7 Å². The normalized spacial score (nSPS) is 15.7. The van der Waals surface area contributed by atoms with Gasteiger partial charge in [-0.3, -0.25) is 0 Å². The average molecular weight is 420 g/mol. The molecule has 0 aliphatic carbocycles. The molecule has 6 nitrogen and oxygen atoms in total. The van der Waals surface area contributed by atoms with Gasteiger partial charge in [-0.25, -0.2) is 27.0 Å². The van der Waals surface area contributed by atoms with Gasteiger partial charge in [0.15, 0.2) is 17.3 Å². The fourth-order valence-corrected chi connectivity index (χ4v) is 4.30. The Morgan fingerprint density at radius 2 is 1.79 bits per heavy atom. The molecule has 1 heterocycles. The van der Waals surface area contributed by atoms with Crippen LogP contribution in [0.15, 0.2) is 58.0 Å². The molecule has 2 aromatic carbocycles. The Bertz CT molecular complexity index is 1120. The number of benzene rings is 2. The number of rotatable bonds is 6. The third kappa shape index (κ3) is 4.25. The summed E-state index contributed by atoms with van der Waals surface area (Å²) in [5.41, 5.74) is 0.432. The summed E-state index contributed by atoms with van der Waals surface area (Å²) in [7, 11) is -3.69. The molecule has 0 saturated heterocycles. The molecule has 0 aromatic heterocycles. The van der Waals surface area contributed by atoms with E-state index in [4.69, 9.17) is 4.74 Å². The summed E-state index contributed by atoms with van der Waals surface area (Å²) in [5.74, 6) is -2.90. The van der Waals surface area contributed by atoms with Gasteiger partial charge in [0.2, 0.25) is 15.9 Å². The fourth-order valence-electron chi connectivity index (χ4n) is 2.79. The lowest BCUT2D eigenvalue weighted by Gasteiger charge is -2.18. The van der Waals surface area contributed by atoms with E-state index in [0.717, 1.165) is 12.1 Å². The van der Waals surface area contributed by atoms with Crippen LogP contribution in [0.25, 0.3) is 6.08 Å². The van der Waals surface area contributed by atoms with E-state index < -0.39 is 27.6 Å². The van der Waals surface area contributed by atoms with Crippen molar-refractivity contribution >= 4 is 28.0 Å². The molecule has 29 heavy (non-hydrogen) atoms. The van der Waals surface area contributed by atoms with Gasteiger partial charge < -0.3 is 4.74 Å². The Kier molecular flexibility index (Phi) is 5.90. The van der Waals surface area contributed by atoms with Crippen LogP contribution in [0.1, 0.15) is 25.0 Å². The minimum atomic E-state index is -3.69. The van der Waals surface area contributed by atoms with Gasteiger partial charge in [0.05, 0.1) is 4.90 Å². The van der Waals surface area contributed by atoms with Gasteiger partial charge in [0.1, 0.15) is 0 Å². The fraction of sp³-hybridized carbons (Fsp3) is 0.200. The van der Waals surface area contributed by atoms with Crippen molar-refractivity contribution in [1.29, 1.82) is 0 Å². The maximum absolute atomic E-state index is 13.4. The van der Waals surface area contributed by atoms with Gasteiger partial charge in [-0.15, -0.1) is 0 Å². The third-order valence-corrected chi connectivity index (χ3v) is 6.34. The summed E-state index contributed by atoms with van der Waals surface area (Å²) in [6.45, 7) is 4.12. The number of cyclic esters (lactones) is 1. The second-order valence-electron chi connectivity index (χ2n) is 6.13. The van der Waals surface area contributed by atoms with Crippen LogP contribution in [0, 0.1) is 11.6 Å². The molecule has 0 N–H and O–H groups in total. The molecule has 0 spiro atoms. The van der Waals surface area contributed by atoms with Crippen LogP contribution in [0.3, 0.4) is 0 Å².